The smallest absolute Gasteiger partial charge is 0.236 e. The Bertz CT molecular complexity index is 256. The van der Waals surface area contributed by atoms with Crippen molar-refractivity contribution in [3.8, 4) is 0 Å². The lowest BCUT2D eigenvalue weighted by Gasteiger charge is -2.37. The highest BCUT2D eigenvalue weighted by atomic mass is 16.2. The summed E-state index contributed by atoms with van der Waals surface area (Å²) in [6.07, 6.45) is 5.78. The standard InChI is InChI=1S/C14H29N3O/c1-4-14(2,12-15)16(3)11-13(18)17-9-7-5-6-8-10-17/h4-12,15H2,1-3H3. The zero-order chi connectivity index (χ0) is 13.6. The number of rotatable bonds is 5. The van der Waals surface area contributed by atoms with E-state index in [0.29, 0.717) is 13.1 Å². The molecule has 1 heterocycles. The second-order valence-corrected chi connectivity index (χ2v) is 5.71. The van der Waals surface area contributed by atoms with Gasteiger partial charge < -0.3 is 10.6 Å². The van der Waals surface area contributed by atoms with Crippen LogP contribution >= 0.6 is 0 Å². The van der Waals surface area contributed by atoms with Crippen LogP contribution in [0.5, 0.6) is 0 Å². The van der Waals surface area contributed by atoms with E-state index in [9.17, 15) is 4.79 Å². The van der Waals surface area contributed by atoms with Gasteiger partial charge in [-0.3, -0.25) is 9.69 Å². The van der Waals surface area contributed by atoms with Crippen LogP contribution in [0.2, 0.25) is 0 Å². The Hall–Kier alpha value is -0.610. The fraction of sp³-hybridized carbons (Fsp3) is 0.929. The molecule has 2 N–H and O–H groups in total. The Balaban J connectivity index is 2.52. The van der Waals surface area contributed by atoms with Crippen molar-refractivity contribution in [2.75, 3.05) is 33.2 Å². The summed E-state index contributed by atoms with van der Waals surface area (Å²) in [6, 6.07) is 0. The first-order valence-electron chi connectivity index (χ1n) is 7.22. The quantitative estimate of drug-likeness (QED) is 0.809. The van der Waals surface area contributed by atoms with Gasteiger partial charge in [-0.2, -0.15) is 0 Å². The molecule has 0 aromatic carbocycles. The summed E-state index contributed by atoms with van der Waals surface area (Å²) in [5, 5.41) is 0. The fourth-order valence-corrected chi connectivity index (χ4v) is 2.38. The van der Waals surface area contributed by atoms with Crippen LogP contribution in [-0.2, 0) is 4.79 Å². The molecular weight excluding hydrogens is 226 g/mol. The zero-order valence-electron chi connectivity index (χ0n) is 12.2. The highest BCUT2D eigenvalue weighted by molar-refractivity contribution is 5.78. The van der Waals surface area contributed by atoms with E-state index in [0.717, 1.165) is 32.4 Å². The summed E-state index contributed by atoms with van der Waals surface area (Å²) in [5.41, 5.74) is 5.76. The molecule has 0 radical (unpaired) electrons. The topological polar surface area (TPSA) is 49.6 Å². The third-order valence-corrected chi connectivity index (χ3v) is 4.45. The van der Waals surface area contributed by atoms with E-state index in [1.54, 1.807) is 0 Å². The minimum absolute atomic E-state index is 0.0679. The van der Waals surface area contributed by atoms with Crippen LogP contribution in [0, 0.1) is 0 Å². The SMILES string of the molecule is CCC(C)(CN)N(C)CC(=O)N1CCCCCC1. The number of nitrogens with two attached hydrogens (primary N) is 1. The molecule has 1 unspecified atom stereocenters. The number of amides is 1. The van der Waals surface area contributed by atoms with Gasteiger partial charge in [0.15, 0.2) is 0 Å². The molecule has 106 valence electrons. The molecule has 1 aliphatic rings. The Morgan fingerprint density at radius 3 is 2.28 bits per heavy atom. The van der Waals surface area contributed by atoms with Gasteiger partial charge in [-0.1, -0.05) is 19.8 Å². The van der Waals surface area contributed by atoms with Crippen LogP contribution in [0.3, 0.4) is 0 Å². The van der Waals surface area contributed by atoms with Crippen LogP contribution in [0.25, 0.3) is 0 Å². The van der Waals surface area contributed by atoms with Crippen molar-refractivity contribution in [1.29, 1.82) is 0 Å². The highest BCUT2D eigenvalue weighted by Crippen LogP contribution is 2.17. The minimum Gasteiger partial charge on any atom is -0.342 e. The highest BCUT2D eigenvalue weighted by Gasteiger charge is 2.28. The van der Waals surface area contributed by atoms with Crippen molar-refractivity contribution in [2.24, 2.45) is 5.73 Å². The molecular formula is C14H29N3O. The van der Waals surface area contributed by atoms with E-state index in [1.165, 1.54) is 12.8 Å². The molecule has 1 saturated heterocycles. The molecule has 1 fully saturated rings. The van der Waals surface area contributed by atoms with E-state index in [4.69, 9.17) is 5.73 Å². The molecule has 1 atom stereocenters. The third kappa shape index (κ3) is 3.95. The molecule has 0 aliphatic carbocycles. The summed E-state index contributed by atoms with van der Waals surface area (Å²) < 4.78 is 0. The van der Waals surface area contributed by atoms with Gasteiger partial charge in [0.25, 0.3) is 0 Å². The molecule has 0 saturated carbocycles. The van der Waals surface area contributed by atoms with E-state index >= 15 is 0 Å². The van der Waals surface area contributed by atoms with E-state index < -0.39 is 0 Å². The maximum absolute atomic E-state index is 12.3. The van der Waals surface area contributed by atoms with Crippen molar-refractivity contribution in [2.45, 2.75) is 51.5 Å². The predicted octanol–water partition coefficient (Wildman–Crippen LogP) is 1.45. The molecule has 0 bridgehead atoms. The first-order valence-corrected chi connectivity index (χ1v) is 7.22. The summed E-state index contributed by atoms with van der Waals surface area (Å²) >= 11 is 0. The van der Waals surface area contributed by atoms with Crippen LogP contribution in [0.15, 0.2) is 0 Å². The van der Waals surface area contributed by atoms with Gasteiger partial charge in [-0.05, 0) is 33.2 Å². The maximum atomic E-state index is 12.3. The number of carbonyl (C=O) groups is 1. The average molecular weight is 255 g/mol. The first-order chi connectivity index (χ1) is 8.53. The van der Waals surface area contributed by atoms with Crippen molar-refractivity contribution in [1.82, 2.24) is 9.80 Å². The van der Waals surface area contributed by atoms with Crippen molar-refractivity contribution in [3.05, 3.63) is 0 Å². The Morgan fingerprint density at radius 2 is 1.83 bits per heavy atom. The second kappa shape index (κ2) is 7.10. The van der Waals surface area contributed by atoms with Gasteiger partial charge in [0.05, 0.1) is 6.54 Å². The lowest BCUT2D eigenvalue weighted by molar-refractivity contribution is -0.133. The second-order valence-electron chi connectivity index (χ2n) is 5.71. The molecule has 0 spiro atoms. The van der Waals surface area contributed by atoms with Gasteiger partial charge in [0.1, 0.15) is 0 Å². The van der Waals surface area contributed by atoms with Gasteiger partial charge >= 0.3 is 0 Å². The van der Waals surface area contributed by atoms with E-state index in [-0.39, 0.29) is 11.4 Å². The Labute approximate surface area is 111 Å². The Kier molecular flexibility index (Phi) is 6.09. The van der Waals surface area contributed by atoms with Crippen molar-refractivity contribution >= 4 is 5.91 Å². The molecule has 1 aliphatic heterocycles. The molecule has 1 rings (SSSR count). The normalized spacial score (nSPS) is 20.6. The molecule has 0 aromatic rings. The zero-order valence-corrected chi connectivity index (χ0v) is 12.2. The molecule has 18 heavy (non-hydrogen) atoms. The number of nitrogens with zero attached hydrogens (tertiary/aromatic N) is 2. The summed E-state index contributed by atoms with van der Waals surface area (Å²) in [5.74, 6) is 0.257. The number of likely N-dealkylation sites (N-methyl/N-ethyl adjacent to an activating group) is 1. The molecule has 0 aromatic heterocycles. The van der Waals surface area contributed by atoms with Crippen molar-refractivity contribution in [3.63, 3.8) is 0 Å². The number of hydrogen-bond acceptors (Lipinski definition) is 3. The molecule has 4 nitrogen and oxygen atoms in total. The van der Waals surface area contributed by atoms with Crippen LogP contribution in [0.4, 0.5) is 0 Å². The van der Waals surface area contributed by atoms with E-state index in [2.05, 4.69) is 18.7 Å². The molecule has 4 heteroatoms. The maximum Gasteiger partial charge on any atom is 0.236 e. The van der Waals surface area contributed by atoms with Gasteiger partial charge in [-0.25, -0.2) is 0 Å². The largest absolute Gasteiger partial charge is 0.342 e. The lowest BCUT2D eigenvalue weighted by Crippen LogP contribution is -2.53. The van der Waals surface area contributed by atoms with E-state index in [1.807, 2.05) is 11.9 Å². The first kappa shape index (κ1) is 15.4. The number of hydrogen-bond donors (Lipinski definition) is 1. The summed E-state index contributed by atoms with van der Waals surface area (Å²) in [4.78, 5) is 16.4. The molecule has 1 amide bonds. The lowest BCUT2D eigenvalue weighted by atomic mass is 9.97. The van der Waals surface area contributed by atoms with Gasteiger partial charge in [0.2, 0.25) is 5.91 Å². The summed E-state index contributed by atoms with van der Waals surface area (Å²) in [7, 11) is 2.01. The van der Waals surface area contributed by atoms with Crippen LogP contribution in [0.1, 0.15) is 46.0 Å². The minimum atomic E-state index is -0.0679. The van der Waals surface area contributed by atoms with Crippen molar-refractivity contribution < 1.29 is 4.79 Å². The fourth-order valence-electron chi connectivity index (χ4n) is 2.38. The van der Waals surface area contributed by atoms with Crippen LogP contribution in [-0.4, -0.2) is 54.5 Å². The third-order valence-electron chi connectivity index (χ3n) is 4.45. The van der Waals surface area contributed by atoms with Gasteiger partial charge in [-0.15, -0.1) is 0 Å². The monoisotopic (exact) mass is 255 g/mol. The number of carbonyl (C=O) groups excluding carboxylic acids is 1. The average Bonchev–Trinajstić information content (AvgIpc) is 2.66. The summed E-state index contributed by atoms with van der Waals surface area (Å²) in [6.45, 7) is 7.19. The van der Waals surface area contributed by atoms with Gasteiger partial charge in [0, 0.05) is 25.2 Å². The van der Waals surface area contributed by atoms with Crippen LogP contribution < -0.4 is 5.73 Å². The Morgan fingerprint density at radius 1 is 1.28 bits per heavy atom. The predicted molar refractivity (Wildman–Crippen MR) is 75.4 cm³/mol. The number of likely N-dealkylation sites (tertiary alicyclic amines) is 1.